The molecule has 5 fully saturated rings. The maximum Gasteiger partial charge on any atom is 0.302 e. The minimum absolute atomic E-state index is 0.0849. The van der Waals surface area contributed by atoms with Gasteiger partial charge in [0.2, 0.25) is 0 Å². The predicted octanol–water partition coefficient (Wildman–Crippen LogP) is 6.28. The van der Waals surface area contributed by atoms with Gasteiger partial charge < -0.3 is 14.2 Å². The minimum atomic E-state index is -0.312. The summed E-state index contributed by atoms with van der Waals surface area (Å²) in [5.41, 5.74) is 2.24. The molecule has 4 nitrogen and oxygen atoms in total. The highest BCUT2D eigenvalue weighted by molar-refractivity contribution is 5.66. The Balaban J connectivity index is 1.24. The van der Waals surface area contributed by atoms with Gasteiger partial charge in [0.25, 0.3) is 0 Å². The summed E-state index contributed by atoms with van der Waals surface area (Å²) < 4.78 is 19.0. The Morgan fingerprint density at radius 3 is 2.64 bits per heavy atom. The van der Waals surface area contributed by atoms with Gasteiger partial charge in [-0.1, -0.05) is 39.3 Å². The van der Waals surface area contributed by atoms with E-state index < -0.39 is 0 Å². The maximum atomic E-state index is 11.5. The fourth-order valence-electron chi connectivity index (χ4n) is 9.98. The van der Waals surface area contributed by atoms with Gasteiger partial charge in [0, 0.05) is 25.7 Å². The molecule has 2 heterocycles. The average Bonchev–Trinajstić information content (AvgIpc) is 3.21. The maximum absolute atomic E-state index is 11.5. The van der Waals surface area contributed by atoms with E-state index in [9.17, 15) is 4.79 Å². The number of esters is 1. The standard InChI is InChI=1S/C29H44O4/c1-17-8-13-29(31-16-17)18(2)26-25(33-29)15-24-22-7-6-20-14-21(32-19(3)30)9-11-27(20,4)23(22)10-12-28(24,26)5/h6,17-18,21-26H,7-16H2,1-5H3/t17?,18-,21?,22-,23-,24+,25+,26+,27+,28+,29-/m1/s1. The van der Waals surface area contributed by atoms with Gasteiger partial charge in [0.1, 0.15) is 6.10 Å². The normalized spacial score (nSPS) is 55.2. The lowest BCUT2D eigenvalue weighted by Gasteiger charge is -2.58. The topological polar surface area (TPSA) is 44.8 Å². The first-order valence-electron chi connectivity index (χ1n) is 13.8. The number of carbonyl (C=O) groups excluding carboxylic acids is 1. The van der Waals surface area contributed by atoms with Crippen molar-refractivity contribution in [3.63, 3.8) is 0 Å². The van der Waals surface area contributed by atoms with Crippen molar-refractivity contribution in [2.45, 2.75) is 110 Å². The monoisotopic (exact) mass is 456 g/mol. The summed E-state index contributed by atoms with van der Waals surface area (Å²) in [7, 11) is 0. The first kappa shape index (κ1) is 22.6. The van der Waals surface area contributed by atoms with Gasteiger partial charge in [-0.3, -0.25) is 4.79 Å². The van der Waals surface area contributed by atoms with Crippen molar-refractivity contribution in [2.75, 3.05) is 6.61 Å². The molecule has 2 unspecified atom stereocenters. The van der Waals surface area contributed by atoms with Crippen LogP contribution in [0.5, 0.6) is 0 Å². The van der Waals surface area contributed by atoms with Gasteiger partial charge in [-0.25, -0.2) is 0 Å². The van der Waals surface area contributed by atoms with Gasteiger partial charge in [-0.05, 0) is 85.4 Å². The van der Waals surface area contributed by atoms with Crippen LogP contribution in [0.4, 0.5) is 0 Å². The molecule has 2 aliphatic heterocycles. The van der Waals surface area contributed by atoms with Crippen LogP contribution in [0, 0.1) is 46.3 Å². The highest BCUT2D eigenvalue weighted by Crippen LogP contribution is 2.70. The molecule has 0 amide bonds. The van der Waals surface area contributed by atoms with Gasteiger partial charge in [0.05, 0.1) is 12.7 Å². The summed E-state index contributed by atoms with van der Waals surface area (Å²) in [6.07, 6.45) is 13.6. The van der Waals surface area contributed by atoms with Crippen molar-refractivity contribution in [2.24, 2.45) is 46.3 Å². The zero-order chi connectivity index (χ0) is 23.2. The van der Waals surface area contributed by atoms with Gasteiger partial charge >= 0.3 is 5.97 Å². The molecule has 2 saturated heterocycles. The molecule has 6 rings (SSSR count). The number of allylic oxidation sites excluding steroid dienone is 1. The third kappa shape index (κ3) is 3.18. The molecule has 33 heavy (non-hydrogen) atoms. The highest BCUT2D eigenvalue weighted by Gasteiger charge is 2.68. The van der Waals surface area contributed by atoms with Crippen LogP contribution in [0.15, 0.2) is 11.6 Å². The van der Waals surface area contributed by atoms with Gasteiger partial charge in [-0.15, -0.1) is 0 Å². The Hall–Kier alpha value is -0.870. The molecule has 0 bridgehead atoms. The van der Waals surface area contributed by atoms with Crippen LogP contribution in [-0.2, 0) is 19.0 Å². The molecule has 4 aliphatic carbocycles. The number of rotatable bonds is 1. The number of carbonyl (C=O) groups is 1. The van der Waals surface area contributed by atoms with E-state index in [0.29, 0.717) is 29.3 Å². The van der Waals surface area contributed by atoms with Crippen LogP contribution in [0.1, 0.15) is 92.4 Å². The van der Waals surface area contributed by atoms with Crippen LogP contribution in [-0.4, -0.2) is 30.6 Å². The number of ether oxygens (including phenoxy) is 3. The molecule has 0 aromatic rings. The smallest absolute Gasteiger partial charge is 0.302 e. The van der Waals surface area contributed by atoms with E-state index in [0.717, 1.165) is 50.0 Å². The van der Waals surface area contributed by atoms with Crippen LogP contribution in [0.3, 0.4) is 0 Å². The minimum Gasteiger partial charge on any atom is -0.462 e. The van der Waals surface area contributed by atoms with Crippen molar-refractivity contribution >= 4 is 5.97 Å². The van der Waals surface area contributed by atoms with Crippen LogP contribution in [0.25, 0.3) is 0 Å². The Morgan fingerprint density at radius 2 is 1.91 bits per heavy atom. The average molecular weight is 457 g/mol. The Bertz CT molecular complexity index is 841. The zero-order valence-corrected chi connectivity index (χ0v) is 21.4. The second-order valence-electron chi connectivity index (χ2n) is 13.3. The number of hydrogen-bond donors (Lipinski definition) is 0. The molecule has 11 atom stereocenters. The lowest BCUT2D eigenvalue weighted by molar-refractivity contribution is -0.272. The second kappa shape index (κ2) is 7.56. The second-order valence-corrected chi connectivity index (χ2v) is 13.3. The molecule has 1 spiro atoms. The summed E-state index contributed by atoms with van der Waals surface area (Å²) in [4.78, 5) is 11.5. The number of hydrogen-bond acceptors (Lipinski definition) is 4. The zero-order valence-electron chi connectivity index (χ0n) is 21.4. The molecule has 0 radical (unpaired) electrons. The summed E-state index contributed by atoms with van der Waals surface area (Å²) in [5, 5.41) is 0. The van der Waals surface area contributed by atoms with Crippen molar-refractivity contribution in [1.82, 2.24) is 0 Å². The molecule has 6 aliphatic rings. The first-order valence-corrected chi connectivity index (χ1v) is 13.8. The van der Waals surface area contributed by atoms with E-state index in [1.165, 1.54) is 32.1 Å². The molecule has 0 aromatic carbocycles. The summed E-state index contributed by atoms with van der Waals surface area (Å²) in [6.45, 7) is 12.3. The van der Waals surface area contributed by atoms with Crippen molar-refractivity contribution in [3.8, 4) is 0 Å². The van der Waals surface area contributed by atoms with E-state index in [2.05, 4.69) is 33.8 Å². The Morgan fingerprint density at radius 1 is 1.09 bits per heavy atom. The van der Waals surface area contributed by atoms with Crippen molar-refractivity contribution in [1.29, 1.82) is 0 Å². The summed E-state index contributed by atoms with van der Waals surface area (Å²) in [5.74, 6) is 3.64. The van der Waals surface area contributed by atoms with E-state index in [1.807, 2.05) is 0 Å². The third-order valence-corrected chi connectivity index (χ3v) is 11.7. The van der Waals surface area contributed by atoms with E-state index in [-0.39, 0.29) is 23.3 Å². The Labute approximate surface area is 200 Å². The lowest BCUT2D eigenvalue weighted by Crippen LogP contribution is -2.52. The van der Waals surface area contributed by atoms with Crippen LogP contribution >= 0.6 is 0 Å². The largest absolute Gasteiger partial charge is 0.462 e. The molecular formula is C29H44O4. The molecule has 0 N–H and O–H groups in total. The van der Waals surface area contributed by atoms with Crippen molar-refractivity contribution in [3.05, 3.63) is 11.6 Å². The third-order valence-electron chi connectivity index (χ3n) is 11.7. The molecule has 184 valence electrons. The van der Waals surface area contributed by atoms with E-state index in [4.69, 9.17) is 14.2 Å². The lowest BCUT2D eigenvalue weighted by atomic mass is 9.47. The highest BCUT2D eigenvalue weighted by atomic mass is 16.7. The fourth-order valence-corrected chi connectivity index (χ4v) is 9.98. The first-order chi connectivity index (χ1) is 15.7. The predicted molar refractivity (Wildman–Crippen MR) is 127 cm³/mol. The summed E-state index contributed by atoms with van der Waals surface area (Å²) >= 11 is 0. The molecule has 4 heteroatoms. The van der Waals surface area contributed by atoms with Gasteiger partial charge in [0.15, 0.2) is 5.79 Å². The number of fused-ring (bicyclic) bond motifs is 7. The van der Waals surface area contributed by atoms with E-state index >= 15 is 0 Å². The fraction of sp³-hybridized carbons (Fsp3) is 0.897. The van der Waals surface area contributed by atoms with Crippen molar-refractivity contribution < 1.29 is 19.0 Å². The Kier molecular flexibility index (Phi) is 5.18. The molecule has 0 aromatic heterocycles. The molecular weight excluding hydrogens is 412 g/mol. The molecule has 3 saturated carbocycles. The summed E-state index contributed by atoms with van der Waals surface area (Å²) in [6, 6.07) is 0. The van der Waals surface area contributed by atoms with E-state index in [1.54, 1.807) is 12.5 Å². The quantitative estimate of drug-likeness (QED) is 0.344. The SMILES string of the molecule is CC(=O)OC1CC[C@@]2(C)C(=CC[C@@H]3[C@H]2CC[C@]2(C)[C@@H]4[C@H](C[C@@H]32)O[C@]2(CCC(C)CO2)[C@@H]4C)C1. The van der Waals surface area contributed by atoms with Crippen LogP contribution < -0.4 is 0 Å². The van der Waals surface area contributed by atoms with Gasteiger partial charge in [-0.2, -0.15) is 0 Å². The van der Waals surface area contributed by atoms with Crippen LogP contribution in [0.2, 0.25) is 0 Å².